The molecular formula is C14H19N3O2S. The maximum absolute atomic E-state index is 11.7. The van der Waals surface area contributed by atoms with Gasteiger partial charge in [-0.2, -0.15) is 5.26 Å². The van der Waals surface area contributed by atoms with Crippen LogP contribution in [-0.2, 0) is 4.74 Å². The summed E-state index contributed by atoms with van der Waals surface area (Å²) < 4.78 is 5.25. The van der Waals surface area contributed by atoms with Crippen molar-refractivity contribution in [2.75, 3.05) is 18.0 Å². The predicted molar refractivity (Wildman–Crippen MR) is 79.0 cm³/mol. The van der Waals surface area contributed by atoms with Crippen LogP contribution in [0.2, 0.25) is 0 Å². The van der Waals surface area contributed by atoms with E-state index >= 15 is 0 Å². The van der Waals surface area contributed by atoms with E-state index in [-0.39, 0.29) is 12.1 Å². The summed E-state index contributed by atoms with van der Waals surface area (Å²) in [5.41, 5.74) is 0.481. The number of nitrogens with one attached hydrogen (secondary N) is 1. The molecule has 1 aromatic rings. The summed E-state index contributed by atoms with van der Waals surface area (Å²) in [5.74, 6) is 0. The molecule has 1 aliphatic rings. The molecule has 1 fully saturated rings. The van der Waals surface area contributed by atoms with E-state index in [2.05, 4.69) is 16.3 Å². The molecule has 20 heavy (non-hydrogen) atoms. The molecule has 0 radical (unpaired) electrons. The number of alkyl carbamates (subject to hydrolysis) is 1. The number of hydrogen-bond donors (Lipinski definition) is 1. The number of carbonyl (C=O) groups excluding carboxylic acids is 1. The van der Waals surface area contributed by atoms with Gasteiger partial charge in [-0.05, 0) is 38.6 Å². The number of ether oxygens (including phenoxy) is 1. The van der Waals surface area contributed by atoms with Crippen LogP contribution in [0.4, 0.5) is 10.5 Å². The fourth-order valence-electron chi connectivity index (χ4n) is 2.21. The third-order valence-electron chi connectivity index (χ3n) is 3.00. The highest BCUT2D eigenvalue weighted by molar-refractivity contribution is 7.11. The second-order valence-corrected chi connectivity index (χ2v) is 6.74. The molecule has 5 nitrogen and oxygen atoms in total. The van der Waals surface area contributed by atoms with E-state index in [9.17, 15) is 4.79 Å². The van der Waals surface area contributed by atoms with Crippen molar-refractivity contribution in [3.05, 3.63) is 16.3 Å². The minimum Gasteiger partial charge on any atom is -0.444 e. The smallest absolute Gasteiger partial charge is 0.407 e. The number of rotatable bonds is 2. The van der Waals surface area contributed by atoms with Crippen LogP contribution in [0, 0.1) is 11.3 Å². The topological polar surface area (TPSA) is 65.4 Å². The zero-order valence-electron chi connectivity index (χ0n) is 12.0. The summed E-state index contributed by atoms with van der Waals surface area (Å²) in [6.45, 7) is 7.09. The lowest BCUT2D eigenvalue weighted by atomic mass is 10.2. The summed E-state index contributed by atoms with van der Waals surface area (Å²) in [7, 11) is 0. The van der Waals surface area contributed by atoms with Gasteiger partial charge in [0.15, 0.2) is 0 Å². The minimum atomic E-state index is -0.482. The number of nitrogens with zero attached hydrogens (tertiary/aromatic N) is 2. The standard InChI is InChI=1S/C14H19N3O2S/c1-14(2,3)19-13(18)16-10-4-6-17(9-10)11-5-7-20-12(11)8-15/h5,7,10H,4,6,9H2,1-3H3,(H,16,18). The van der Waals surface area contributed by atoms with Crippen LogP contribution < -0.4 is 10.2 Å². The molecule has 6 heteroatoms. The average molecular weight is 293 g/mol. The van der Waals surface area contributed by atoms with Gasteiger partial charge in [-0.15, -0.1) is 11.3 Å². The van der Waals surface area contributed by atoms with Crippen molar-refractivity contribution >= 4 is 23.1 Å². The number of thiophene rings is 1. The third kappa shape index (κ3) is 3.64. The molecule has 1 N–H and O–H groups in total. The van der Waals surface area contributed by atoms with Crippen LogP contribution in [0.3, 0.4) is 0 Å². The number of hydrogen-bond acceptors (Lipinski definition) is 5. The zero-order valence-corrected chi connectivity index (χ0v) is 12.8. The monoisotopic (exact) mass is 293 g/mol. The molecule has 1 aliphatic heterocycles. The molecule has 108 valence electrons. The minimum absolute atomic E-state index is 0.0660. The van der Waals surface area contributed by atoms with Gasteiger partial charge in [0, 0.05) is 13.1 Å². The molecule has 1 atom stereocenters. The van der Waals surface area contributed by atoms with Crippen LogP contribution in [0.15, 0.2) is 11.4 Å². The van der Waals surface area contributed by atoms with E-state index < -0.39 is 5.60 Å². The Labute approximate surface area is 123 Å². The molecule has 0 aliphatic carbocycles. The average Bonchev–Trinajstić information content (AvgIpc) is 2.93. The van der Waals surface area contributed by atoms with Crippen LogP contribution in [0.5, 0.6) is 0 Å². The molecule has 0 spiro atoms. The Hall–Kier alpha value is -1.74. The summed E-state index contributed by atoms with van der Waals surface area (Å²) >= 11 is 1.44. The Morgan fingerprint density at radius 2 is 2.35 bits per heavy atom. The van der Waals surface area contributed by atoms with Crippen LogP contribution in [0.25, 0.3) is 0 Å². The first kappa shape index (κ1) is 14.7. The van der Waals surface area contributed by atoms with E-state index in [1.54, 1.807) is 0 Å². The van der Waals surface area contributed by atoms with Gasteiger partial charge in [0.2, 0.25) is 0 Å². The van der Waals surface area contributed by atoms with Crippen molar-refractivity contribution in [2.24, 2.45) is 0 Å². The van der Waals surface area contributed by atoms with E-state index in [0.29, 0.717) is 6.54 Å². The SMILES string of the molecule is CC(C)(C)OC(=O)NC1CCN(c2ccsc2C#N)C1. The quantitative estimate of drug-likeness (QED) is 0.910. The van der Waals surface area contributed by atoms with E-state index in [1.807, 2.05) is 32.2 Å². The first-order chi connectivity index (χ1) is 9.39. The van der Waals surface area contributed by atoms with Gasteiger partial charge in [0.25, 0.3) is 0 Å². The summed E-state index contributed by atoms with van der Waals surface area (Å²) in [4.78, 5) is 14.6. The number of amides is 1. The molecule has 0 saturated carbocycles. The van der Waals surface area contributed by atoms with E-state index in [1.165, 1.54) is 11.3 Å². The van der Waals surface area contributed by atoms with E-state index in [0.717, 1.165) is 23.5 Å². The Balaban J connectivity index is 1.90. The third-order valence-corrected chi connectivity index (χ3v) is 3.80. The molecule has 1 amide bonds. The molecular weight excluding hydrogens is 274 g/mol. The first-order valence-corrected chi connectivity index (χ1v) is 7.49. The van der Waals surface area contributed by atoms with Gasteiger partial charge in [-0.1, -0.05) is 0 Å². The lowest BCUT2D eigenvalue weighted by Crippen LogP contribution is -2.40. The summed E-state index contributed by atoms with van der Waals surface area (Å²) in [5, 5.41) is 13.9. The Morgan fingerprint density at radius 1 is 1.60 bits per heavy atom. The van der Waals surface area contributed by atoms with Crippen molar-refractivity contribution < 1.29 is 9.53 Å². The Morgan fingerprint density at radius 3 is 3.00 bits per heavy atom. The Kier molecular flexibility index (Phi) is 4.19. The second kappa shape index (κ2) is 5.71. The summed E-state index contributed by atoms with van der Waals surface area (Å²) in [6.07, 6.45) is 0.482. The lowest BCUT2D eigenvalue weighted by Gasteiger charge is -2.22. The molecule has 0 aromatic carbocycles. The lowest BCUT2D eigenvalue weighted by molar-refractivity contribution is 0.0509. The van der Waals surface area contributed by atoms with Gasteiger partial charge in [0.1, 0.15) is 16.5 Å². The zero-order chi connectivity index (χ0) is 14.8. The van der Waals surface area contributed by atoms with Gasteiger partial charge >= 0.3 is 6.09 Å². The fraction of sp³-hybridized carbons (Fsp3) is 0.571. The van der Waals surface area contributed by atoms with Crippen molar-refractivity contribution in [2.45, 2.75) is 38.8 Å². The highest BCUT2D eigenvalue weighted by Crippen LogP contribution is 2.28. The van der Waals surface area contributed by atoms with Crippen LogP contribution in [0.1, 0.15) is 32.1 Å². The molecule has 0 bridgehead atoms. The summed E-state index contributed by atoms with van der Waals surface area (Å²) in [6, 6.07) is 4.23. The first-order valence-electron chi connectivity index (χ1n) is 6.61. The number of anilines is 1. The van der Waals surface area contributed by atoms with Crippen molar-refractivity contribution in [1.29, 1.82) is 5.26 Å². The van der Waals surface area contributed by atoms with Gasteiger partial charge in [-0.3, -0.25) is 0 Å². The molecule has 2 rings (SSSR count). The largest absolute Gasteiger partial charge is 0.444 e. The van der Waals surface area contributed by atoms with Gasteiger partial charge in [-0.25, -0.2) is 4.79 Å². The predicted octanol–water partition coefficient (Wildman–Crippen LogP) is 2.72. The highest BCUT2D eigenvalue weighted by Gasteiger charge is 2.27. The number of carbonyl (C=O) groups is 1. The van der Waals surface area contributed by atoms with Gasteiger partial charge in [0.05, 0.1) is 11.7 Å². The van der Waals surface area contributed by atoms with Crippen molar-refractivity contribution in [3.8, 4) is 6.07 Å². The van der Waals surface area contributed by atoms with Crippen LogP contribution >= 0.6 is 11.3 Å². The molecule has 1 saturated heterocycles. The maximum Gasteiger partial charge on any atom is 0.407 e. The molecule has 1 unspecified atom stereocenters. The molecule has 2 heterocycles. The fourth-order valence-corrected chi connectivity index (χ4v) is 2.91. The maximum atomic E-state index is 11.7. The second-order valence-electron chi connectivity index (χ2n) is 5.82. The van der Waals surface area contributed by atoms with Crippen LogP contribution in [-0.4, -0.2) is 30.8 Å². The van der Waals surface area contributed by atoms with E-state index in [4.69, 9.17) is 10.00 Å². The normalized spacial score (nSPS) is 18.7. The van der Waals surface area contributed by atoms with Crippen molar-refractivity contribution in [3.63, 3.8) is 0 Å². The highest BCUT2D eigenvalue weighted by atomic mass is 32.1. The Bertz CT molecular complexity index is 527. The number of nitriles is 1. The van der Waals surface area contributed by atoms with Gasteiger partial charge < -0.3 is 15.0 Å². The van der Waals surface area contributed by atoms with Crippen molar-refractivity contribution in [1.82, 2.24) is 5.32 Å². The molecule has 1 aromatic heterocycles.